The van der Waals surface area contributed by atoms with E-state index in [2.05, 4.69) is 33.4 Å². The van der Waals surface area contributed by atoms with Gasteiger partial charge < -0.3 is 10.2 Å². The number of aromatic nitrogens is 2. The summed E-state index contributed by atoms with van der Waals surface area (Å²) in [6, 6.07) is 18.5. The highest BCUT2D eigenvalue weighted by Gasteiger charge is 2.31. The number of hydrogen-bond donors (Lipinski definition) is 2. The van der Waals surface area contributed by atoms with E-state index in [4.69, 9.17) is 4.98 Å². The van der Waals surface area contributed by atoms with Crippen LogP contribution in [-0.4, -0.2) is 29.0 Å². The Morgan fingerprint density at radius 1 is 1.09 bits per heavy atom. The molecule has 34 heavy (non-hydrogen) atoms. The molecule has 0 radical (unpaired) electrons. The summed E-state index contributed by atoms with van der Waals surface area (Å²) in [6.07, 6.45) is 3.69. The third-order valence-corrected chi connectivity index (χ3v) is 8.01. The summed E-state index contributed by atoms with van der Waals surface area (Å²) in [5.41, 5.74) is 5.19. The first-order chi connectivity index (χ1) is 16.7. The number of amides is 1. The van der Waals surface area contributed by atoms with Crippen LogP contribution >= 0.6 is 11.3 Å². The molecule has 1 aliphatic heterocycles. The smallest absolute Gasteiger partial charge is 0.270 e. The average molecular weight is 471 g/mol. The zero-order valence-corrected chi connectivity index (χ0v) is 19.6. The molecule has 6 rings (SSSR count). The van der Waals surface area contributed by atoms with Crippen molar-refractivity contribution in [2.24, 2.45) is 5.92 Å². The van der Waals surface area contributed by atoms with Crippen molar-refractivity contribution in [3.05, 3.63) is 81.5 Å². The molecular weight excluding hydrogens is 444 g/mol. The van der Waals surface area contributed by atoms with E-state index in [9.17, 15) is 9.59 Å². The molecule has 2 N–H and O–H groups in total. The van der Waals surface area contributed by atoms with E-state index in [1.807, 2.05) is 41.8 Å². The highest BCUT2D eigenvalue weighted by atomic mass is 32.1. The number of benzene rings is 2. The van der Waals surface area contributed by atoms with Crippen molar-refractivity contribution >= 4 is 33.4 Å². The van der Waals surface area contributed by atoms with Gasteiger partial charge >= 0.3 is 0 Å². The van der Waals surface area contributed by atoms with Crippen molar-refractivity contribution in [1.29, 1.82) is 0 Å². The van der Waals surface area contributed by atoms with Gasteiger partial charge in [0.2, 0.25) is 11.9 Å². The van der Waals surface area contributed by atoms with Crippen LogP contribution in [0.3, 0.4) is 0 Å². The minimum atomic E-state index is -0.126. The maximum Gasteiger partial charge on any atom is 0.270 e. The lowest BCUT2D eigenvalue weighted by molar-refractivity contribution is -0.126. The molecule has 2 aromatic heterocycles. The lowest BCUT2D eigenvalue weighted by atomic mass is 9.96. The molecular formula is C27H26N4O2S. The molecule has 1 saturated heterocycles. The number of aromatic amines is 1. The molecule has 2 atom stereocenters. The maximum absolute atomic E-state index is 13.2. The van der Waals surface area contributed by atoms with Gasteiger partial charge in [0.05, 0.1) is 17.5 Å². The molecule has 1 fully saturated rings. The summed E-state index contributed by atoms with van der Waals surface area (Å²) in [5, 5.41) is 5.29. The number of aryl methyl sites for hydroxylation is 1. The van der Waals surface area contributed by atoms with Crippen LogP contribution in [0.25, 0.3) is 21.3 Å². The lowest BCUT2D eigenvalue weighted by Crippen LogP contribution is -2.44. The SMILES string of the molecule is O=C(N[C@@H]1CCc2ccccc21)[C@H]1CCCN(c2nc3c(-c4ccccc4)csc3c(=O)[nH]2)C1. The third-order valence-electron chi connectivity index (χ3n) is 7.04. The monoisotopic (exact) mass is 470 g/mol. The molecule has 4 aromatic rings. The van der Waals surface area contributed by atoms with Crippen molar-refractivity contribution in [3.8, 4) is 11.1 Å². The second-order valence-corrected chi connectivity index (χ2v) is 10.0. The van der Waals surface area contributed by atoms with Crippen molar-refractivity contribution in [3.63, 3.8) is 0 Å². The predicted octanol–water partition coefficient (Wildman–Crippen LogP) is 4.67. The highest BCUT2D eigenvalue weighted by molar-refractivity contribution is 7.17. The fourth-order valence-corrected chi connectivity index (χ4v) is 6.18. The number of nitrogens with zero attached hydrogens (tertiary/aromatic N) is 2. The molecule has 3 heterocycles. The van der Waals surface area contributed by atoms with Crippen molar-refractivity contribution in [1.82, 2.24) is 15.3 Å². The zero-order valence-electron chi connectivity index (χ0n) is 18.8. The molecule has 2 aromatic carbocycles. The van der Waals surface area contributed by atoms with Gasteiger partial charge in [-0.15, -0.1) is 11.3 Å². The summed E-state index contributed by atoms with van der Waals surface area (Å²) in [5.74, 6) is 0.519. The van der Waals surface area contributed by atoms with Crippen molar-refractivity contribution in [2.45, 2.75) is 31.7 Å². The van der Waals surface area contributed by atoms with Crippen LogP contribution in [0.15, 0.2) is 64.8 Å². The Morgan fingerprint density at radius 2 is 1.91 bits per heavy atom. The van der Waals surface area contributed by atoms with Gasteiger partial charge in [-0.3, -0.25) is 14.6 Å². The fraction of sp³-hybridized carbons (Fsp3) is 0.296. The Bertz CT molecular complexity index is 1410. The van der Waals surface area contributed by atoms with Crippen LogP contribution in [0.2, 0.25) is 0 Å². The minimum absolute atomic E-state index is 0.0904. The number of carbonyl (C=O) groups is 1. The topological polar surface area (TPSA) is 78.1 Å². The lowest BCUT2D eigenvalue weighted by Gasteiger charge is -2.33. The first-order valence-electron chi connectivity index (χ1n) is 11.9. The van der Waals surface area contributed by atoms with Gasteiger partial charge in [0.25, 0.3) is 5.56 Å². The quantitative estimate of drug-likeness (QED) is 0.454. The molecule has 2 aliphatic rings. The fourth-order valence-electron chi connectivity index (χ4n) is 5.27. The Labute approximate surface area is 201 Å². The molecule has 1 amide bonds. The first-order valence-corrected chi connectivity index (χ1v) is 12.8. The van der Waals surface area contributed by atoms with Gasteiger partial charge in [0, 0.05) is 24.0 Å². The molecule has 0 spiro atoms. The molecule has 0 saturated carbocycles. The van der Waals surface area contributed by atoms with E-state index in [1.54, 1.807) is 0 Å². The normalized spacial score (nSPS) is 19.8. The largest absolute Gasteiger partial charge is 0.349 e. The Balaban J connectivity index is 1.24. The Hall–Kier alpha value is -3.45. The molecule has 7 heteroatoms. The van der Waals surface area contributed by atoms with Crippen LogP contribution < -0.4 is 15.8 Å². The predicted molar refractivity (Wildman–Crippen MR) is 136 cm³/mol. The van der Waals surface area contributed by atoms with Gasteiger partial charge in [-0.1, -0.05) is 54.6 Å². The van der Waals surface area contributed by atoms with Gasteiger partial charge in [0.15, 0.2) is 0 Å². The number of anilines is 1. The van der Waals surface area contributed by atoms with E-state index in [0.29, 0.717) is 17.2 Å². The second kappa shape index (κ2) is 8.72. The Kier molecular flexibility index (Phi) is 5.41. The van der Waals surface area contributed by atoms with Crippen molar-refractivity contribution in [2.75, 3.05) is 18.0 Å². The van der Waals surface area contributed by atoms with Gasteiger partial charge in [-0.2, -0.15) is 0 Å². The number of carbonyl (C=O) groups excluding carboxylic acids is 1. The summed E-state index contributed by atoms with van der Waals surface area (Å²) >= 11 is 1.42. The highest BCUT2D eigenvalue weighted by Crippen LogP contribution is 2.33. The number of hydrogen-bond acceptors (Lipinski definition) is 5. The van der Waals surface area contributed by atoms with Crippen LogP contribution in [0.4, 0.5) is 5.95 Å². The first kappa shape index (κ1) is 21.1. The van der Waals surface area contributed by atoms with Crippen LogP contribution in [0.5, 0.6) is 0 Å². The van der Waals surface area contributed by atoms with E-state index in [-0.39, 0.29) is 23.4 Å². The average Bonchev–Trinajstić information content (AvgIpc) is 3.49. The van der Waals surface area contributed by atoms with E-state index < -0.39 is 0 Å². The zero-order chi connectivity index (χ0) is 23.1. The number of nitrogens with one attached hydrogen (secondary N) is 2. The van der Waals surface area contributed by atoms with Crippen LogP contribution in [0.1, 0.15) is 36.4 Å². The summed E-state index contributed by atoms with van der Waals surface area (Å²) < 4.78 is 0.633. The molecule has 1 aliphatic carbocycles. The standard InChI is InChI=1S/C27H26N4O2S/c32-25(28-22-13-12-18-9-4-5-11-20(18)22)19-10-6-14-31(15-19)27-29-23-21(17-7-2-1-3-8-17)16-34-24(23)26(33)30-27/h1-5,7-9,11,16,19,22H,6,10,12-15H2,(H,28,32)(H,29,30,33)/t19-,22+/m0/s1. The van der Waals surface area contributed by atoms with Gasteiger partial charge in [0.1, 0.15) is 4.70 Å². The third kappa shape index (κ3) is 3.80. The molecule has 172 valence electrons. The minimum Gasteiger partial charge on any atom is -0.349 e. The number of fused-ring (bicyclic) bond motifs is 2. The van der Waals surface area contributed by atoms with E-state index in [0.717, 1.165) is 48.9 Å². The molecule has 6 nitrogen and oxygen atoms in total. The summed E-state index contributed by atoms with van der Waals surface area (Å²) in [4.78, 5) is 35.9. The summed E-state index contributed by atoms with van der Waals surface area (Å²) in [6.45, 7) is 1.33. The number of piperidine rings is 1. The molecule has 0 bridgehead atoms. The van der Waals surface area contributed by atoms with Gasteiger partial charge in [-0.05, 0) is 42.4 Å². The van der Waals surface area contributed by atoms with E-state index in [1.165, 1.54) is 22.5 Å². The number of H-pyrrole nitrogens is 1. The summed E-state index contributed by atoms with van der Waals surface area (Å²) in [7, 11) is 0. The van der Waals surface area contributed by atoms with Crippen LogP contribution in [-0.2, 0) is 11.2 Å². The molecule has 0 unspecified atom stereocenters. The van der Waals surface area contributed by atoms with E-state index >= 15 is 0 Å². The van der Waals surface area contributed by atoms with Crippen LogP contribution in [0, 0.1) is 5.92 Å². The van der Waals surface area contributed by atoms with Crippen molar-refractivity contribution < 1.29 is 4.79 Å². The number of thiophene rings is 1. The number of rotatable bonds is 4. The van der Waals surface area contributed by atoms with Gasteiger partial charge in [-0.25, -0.2) is 4.98 Å². The maximum atomic E-state index is 13.2. The second-order valence-electron chi connectivity index (χ2n) is 9.17. The Morgan fingerprint density at radius 3 is 2.79 bits per heavy atom.